The fourth-order valence-electron chi connectivity index (χ4n) is 6.94. The van der Waals surface area contributed by atoms with Gasteiger partial charge in [-0.3, -0.25) is 4.79 Å². The molecular formula is C31H50O5. The SMILES string of the molecule is CCCCOC(=O)C(C)(C)[C@H](O)C=C[C@@H](C)[C@H]1CC[C@H]2C(=CC=C3C[C@@H](O)C[C@H](O)C3)CCC[C@]12C. The van der Waals surface area contributed by atoms with Crippen LogP contribution in [-0.4, -0.2) is 46.2 Å². The number of rotatable bonds is 9. The minimum absolute atomic E-state index is 0.220. The van der Waals surface area contributed by atoms with Crippen molar-refractivity contribution in [3.63, 3.8) is 0 Å². The maximum atomic E-state index is 12.5. The zero-order chi connectivity index (χ0) is 26.5. The van der Waals surface area contributed by atoms with E-state index in [4.69, 9.17) is 4.74 Å². The lowest BCUT2D eigenvalue weighted by Gasteiger charge is -2.44. The van der Waals surface area contributed by atoms with Crippen LogP contribution in [0.1, 0.15) is 98.8 Å². The molecule has 3 saturated carbocycles. The summed E-state index contributed by atoms with van der Waals surface area (Å²) in [5.41, 5.74) is 1.91. The summed E-state index contributed by atoms with van der Waals surface area (Å²) in [6, 6.07) is 0. The first-order valence-electron chi connectivity index (χ1n) is 14.3. The van der Waals surface area contributed by atoms with Crippen LogP contribution in [0, 0.1) is 28.6 Å². The van der Waals surface area contributed by atoms with E-state index in [0.29, 0.717) is 43.6 Å². The Labute approximate surface area is 218 Å². The van der Waals surface area contributed by atoms with Gasteiger partial charge in [0.15, 0.2) is 0 Å². The van der Waals surface area contributed by atoms with Gasteiger partial charge in [-0.25, -0.2) is 0 Å². The molecule has 0 saturated heterocycles. The first kappa shape index (κ1) is 29.1. The highest BCUT2D eigenvalue weighted by Gasteiger charge is 2.50. The molecule has 0 bridgehead atoms. The Bertz CT molecular complexity index is 828. The molecule has 3 fully saturated rings. The number of hydrogen-bond acceptors (Lipinski definition) is 5. The third-order valence-electron chi connectivity index (χ3n) is 9.34. The highest BCUT2D eigenvalue weighted by atomic mass is 16.5. The Hall–Kier alpha value is -1.43. The monoisotopic (exact) mass is 502 g/mol. The number of ether oxygens (including phenoxy) is 1. The summed E-state index contributed by atoms with van der Waals surface area (Å²) in [6.07, 6.45) is 16.1. The van der Waals surface area contributed by atoms with Crippen molar-refractivity contribution in [1.82, 2.24) is 0 Å². The molecule has 7 atom stereocenters. The molecule has 0 amide bonds. The molecule has 3 aliphatic rings. The second kappa shape index (κ2) is 12.4. The number of carbonyl (C=O) groups is 1. The van der Waals surface area contributed by atoms with Crippen molar-refractivity contribution in [2.75, 3.05) is 6.61 Å². The van der Waals surface area contributed by atoms with Crippen molar-refractivity contribution < 1.29 is 24.9 Å². The molecule has 0 aliphatic heterocycles. The van der Waals surface area contributed by atoms with Gasteiger partial charge in [0.25, 0.3) is 0 Å². The Kier molecular flexibility index (Phi) is 10.0. The summed E-state index contributed by atoms with van der Waals surface area (Å²) in [5, 5.41) is 30.9. The summed E-state index contributed by atoms with van der Waals surface area (Å²) in [7, 11) is 0. The molecule has 0 aromatic carbocycles. The molecular weight excluding hydrogens is 452 g/mol. The summed E-state index contributed by atoms with van der Waals surface area (Å²) in [4.78, 5) is 12.5. The molecule has 0 aromatic heterocycles. The maximum absolute atomic E-state index is 12.5. The van der Waals surface area contributed by atoms with Crippen LogP contribution in [0.3, 0.4) is 0 Å². The van der Waals surface area contributed by atoms with Gasteiger partial charge in [0, 0.05) is 0 Å². The second-order valence-corrected chi connectivity index (χ2v) is 12.5. The van der Waals surface area contributed by atoms with Crippen LogP contribution in [0.5, 0.6) is 0 Å². The van der Waals surface area contributed by atoms with Gasteiger partial charge < -0.3 is 20.1 Å². The van der Waals surface area contributed by atoms with E-state index >= 15 is 0 Å². The van der Waals surface area contributed by atoms with Crippen LogP contribution in [-0.2, 0) is 9.53 Å². The van der Waals surface area contributed by atoms with E-state index in [2.05, 4.69) is 39.0 Å². The van der Waals surface area contributed by atoms with Crippen LogP contribution in [0.4, 0.5) is 0 Å². The third-order valence-corrected chi connectivity index (χ3v) is 9.34. The van der Waals surface area contributed by atoms with E-state index in [0.717, 1.165) is 31.3 Å². The average Bonchev–Trinajstić information content (AvgIpc) is 3.18. The number of fused-ring (bicyclic) bond motifs is 1. The van der Waals surface area contributed by atoms with Gasteiger partial charge in [-0.2, -0.15) is 0 Å². The quantitative estimate of drug-likeness (QED) is 0.208. The molecule has 0 heterocycles. The van der Waals surface area contributed by atoms with Crippen molar-refractivity contribution in [2.45, 2.75) is 117 Å². The molecule has 3 rings (SSSR count). The zero-order valence-electron chi connectivity index (χ0n) is 23.2. The number of unbranched alkanes of at least 4 members (excludes halogenated alkanes) is 1. The van der Waals surface area contributed by atoms with Crippen LogP contribution in [0.15, 0.2) is 35.5 Å². The van der Waals surface area contributed by atoms with Crippen LogP contribution < -0.4 is 0 Å². The Balaban J connectivity index is 1.66. The van der Waals surface area contributed by atoms with Crippen molar-refractivity contribution in [3.05, 3.63) is 35.5 Å². The minimum Gasteiger partial charge on any atom is -0.465 e. The molecule has 0 radical (unpaired) electrons. The maximum Gasteiger partial charge on any atom is 0.314 e. The molecule has 204 valence electrons. The number of aliphatic hydroxyl groups excluding tert-OH is 3. The van der Waals surface area contributed by atoms with Crippen molar-refractivity contribution in [1.29, 1.82) is 0 Å². The van der Waals surface area contributed by atoms with E-state index in [1.165, 1.54) is 24.8 Å². The largest absolute Gasteiger partial charge is 0.465 e. The van der Waals surface area contributed by atoms with E-state index < -0.39 is 23.7 Å². The van der Waals surface area contributed by atoms with Gasteiger partial charge in [-0.15, -0.1) is 0 Å². The second-order valence-electron chi connectivity index (χ2n) is 12.5. The first-order chi connectivity index (χ1) is 17.0. The lowest BCUT2D eigenvalue weighted by Crippen LogP contribution is -2.38. The van der Waals surface area contributed by atoms with Crippen molar-refractivity contribution >= 4 is 5.97 Å². The minimum atomic E-state index is -0.972. The molecule has 5 nitrogen and oxygen atoms in total. The Morgan fingerprint density at radius 1 is 1.17 bits per heavy atom. The van der Waals surface area contributed by atoms with Crippen molar-refractivity contribution in [3.8, 4) is 0 Å². The summed E-state index contributed by atoms with van der Waals surface area (Å²) in [5.74, 6) is 1.04. The van der Waals surface area contributed by atoms with Crippen LogP contribution in [0.2, 0.25) is 0 Å². The Morgan fingerprint density at radius 2 is 1.86 bits per heavy atom. The van der Waals surface area contributed by atoms with Crippen LogP contribution in [0.25, 0.3) is 0 Å². The van der Waals surface area contributed by atoms with Gasteiger partial charge >= 0.3 is 5.97 Å². The smallest absolute Gasteiger partial charge is 0.314 e. The Morgan fingerprint density at radius 3 is 2.53 bits per heavy atom. The molecule has 0 unspecified atom stereocenters. The van der Waals surface area contributed by atoms with Gasteiger partial charge in [0.1, 0.15) is 0 Å². The highest BCUT2D eigenvalue weighted by molar-refractivity contribution is 5.77. The van der Waals surface area contributed by atoms with E-state index in [1.54, 1.807) is 13.8 Å². The van der Waals surface area contributed by atoms with Crippen LogP contribution >= 0.6 is 0 Å². The fraction of sp³-hybridized carbons (Fsp3) is 0.774. The predicted molar refractivity (Wildman–Crippen MR) is 144 cm³/mol. The third kappa shape index (κ3) is 6.71. The number of hydrogen-bond donors (Lipinski definition) is 3. The number of allylic oxidation sites excluding steroid dienone is 4. The lowest BCUT2D eigenvalue weighted by molar-refractivity contribution is -0.158. The summed E-state index contributed by atoms with van der Waals surface area (Å²) in [6.45, 7) is 10.7. The molecule has 0 aromatic rings. The number of aliphatic hydroxyl groups is 3. The summed E-state index contributed by atoms with van der Waals surface area (Å²) < 4.78 is 5.38. The highest BCUT2D eigenvalue weighted by Crippen LogP contribution is 2.59. The summed E-state index contributed by atoms with van der Waals surface area (Å²) >= 11 is 0. The van der Waals surface area contributed by atoms with Crippen molar-refractivity contribution in [2.24, 2.45) is 28.6 Å². The molecule has 5 heteroatoms. The normalized spacial score (nSPS) is 34.0. The van der Waals surface area contributed by atoms with E-state index in [1.807, 2.05) is 6.08 Å². The average molecular weight is 503 g/mol. The first-order valence-corrected chi connectivity index (χ1v) is 14.3. The van der Waals surface area contributed by atoms with E-state index in [-0.39, 0.29) is 11.4 Å². The molecule has 0 spiro atoms. The number of carbonyl (C=O) groups excluding carboxylic acids is 1. The lowest BCUT2D eigenvalue weighted by atomic mass is 9.61. The van der Waals surface area contributed by atoms with Gasteiger partial charge in [-0.05, 0) is 94.8 Å². The molecule has 36 heavy (non-hydrogen) atoms. The molecule has 3 N–H and O–H groups in total. The fourth-order valence-corrected chi connectivity index (χ4v) is 6.94. The number of esters is 1. The topological polar surface area (TPSA) is 87.0 Å². The predicted octanol–water partition coefficient (Wildman–Crippen LogP) is 5.88. The zero-order valence-corrected chi connectivity index (χ0v) is 23.2. The van der Waals surface area contributed by atoms with E-state index in [9.17, 15) is 20.1 Å². The van der Waals surface area contributed by atoms with Gasteiger partial charge in [0.2, 0.25) is 0 Å². The van der Waals surface area contributed by atoms with Gasteiger partial charge in [0.05, 0.1) is 30.3 Å². The standard InChI is InChI=1S/C31H50O5/c1-6-7-17-36-29(35)30(3,4)28(34)15-10-21(2)26-13-14-27-23(9-8-16-31(26,27)5)12-11-22-18-24(32)20-25(33)19-22/h10-12,15,21,24-28,32-34H,6-9,13-14,16-20H2,1-5H3/t21-,24-,25-,26-,27+,28-,31-/m1/s1. The van der Waals surface area contributed by atoms with Gasteiger partial charge in [-0.1, -0.05) is 62.6 Å². The molecule has 3 aliphatic carbocycles.